The standard InChI is InChI=1S/C13H19FN2OS/c1-2-12(15)8-18-9-13(17)16-7-10-3-5-11(14)6-4-10/h3-6,12H,2,7-9,15H2,1H3,(H,16,17). The maximum absolute atomic E-state index is 12.7. The Morgan fingerprint density at radius 1 is 1.44 bits per heavy atom. The maximum atomic E-state index is 12.7. The molecule has 0 aliphatic carbocycles. The molecule has 0 bridgehead atoms. The molecule has 0 aliphatic heterocycles. The van der Waals surface area contributed by atoms with Crippen LogP contribution in [-0.2, 0) is 11.3 Å². The fourth-order valence-electron chi connectivity index (χ4n) is 1.27. The molecule has 3 N–H and O–H groups in total. The highest BCUT2D eigenvalue weighted by molar-refractivity contribution is 7.99. The molecule has 1 aromatic carbocycles. The molecule has 0 spiro atoms. The molecule has 5 heteroatoms. The van der Waals surface area contributed by atoms with E-state index in [1.807, 2.05) is 6.92 Å². The van der Waals surface area contributed by atoms with Crippen molar-refractivity contribution in [2.45, 2.75) is 25.9 Å². The highest BCUT2D eigenvalue weighted by Crippen LogP contribution is 2.05. The topological polar surface area (TPSA) is 55.1 Å². The van der Waals surface area contributed by atoms with Gasteiger partial charge < -0.3 is 11.1 Å². The van der Waals surface area contributed by atoms with Gasteiger partial charge in [0.25, 0.3) is 0 Å². The zero-order valence-electron chi connectivity index (χ0n) is 10.5. The van der Waals surface area contributed by atoms with Gasteiger partial charge in [-0.3, -0.25) is 4.79 Å². The minimum absolute atomic E-state index is 0.0207. The largest absolute Gasteiger partial charge is 0.351 e. The summed E-state index contributed by atoms with van der Waals surface area (Å²) in [6.45, 7) is 2.46. The summed E-state index contributed by atoms with van der Waals surface area (Å²) in [6.07, 6.45) is 0.921. The Labute approximate surface area is 111 Å². The van der Waals surface area contributed by atoms with E-state index in [4.69, 9.17) is 5.73 Å². The Hall–Kier alpha value is -1.07. The highest BCUT2D eigenvalue weighted by atomic mass is 32.2. The van der Waals surface area contributed by atoms with Gasteiger partial charge >= 0.3 is 0 Å². The minimum atomic E-state index is -0.269. The lowest BCUT2D eigenvalue weighted by Crippen LogP contribution is -2.27. The summed E-state index contributed by atoms with van der Waals surface area (Å²) in [5, 5.41) is 2.79. The molecule has 0 aliphatic rings. The van der Waals surface area contributed by atoms with Crippen LogP contribution >= 0.6 is 11.8 Å². The van der Waals surface area contributed by atoms with Crippen molar-refractivity contribution in [1.82, 2.24) is 5.32 Å². The second-order valence-corrected chi connectivity index (χ2v) is 5.12. The molecular formula is C13H19FN2OS. The molecule has 1 aromatic rings. The molecule has 0 fully saturated rings. The summed E-state index contributed by atoms with van der Waals surface area (Å²) in [5.41, 5.74) is 6.64. The van der Waals surface area contributed by atoms with Gasteiger partial charge in [0.05, 0.1) is 5.75 Å². The molecule has 1 atom stereocenters. The Balaban J connectivity index is 2.19. The zero-order chi connectivity index (χ0) is 13.4. The van der Waals surface area contributed by atoms with Gasteiger partial charge in [-0.05, 0) is 24.1 Å². The van der Waals surface area contributed by atoms with E-state index in [0.29, 0.717) is 12.3 Å². The first-order valence-electron chi connectivity index (χ1n) is 5.96. The molecule has 1 amide bonds. The molecule has 0 heterocycles. The molecular weight excluding hydrogens is 251 g/mol. The number of carbonyl (C=O) groups excluding carboxylic acids is 1. The second-order valence-electron chi connectivity index (χ2n) is 4.09. The van der Waals surface area contributed by atoms with Crippen molar-refractivity contribution in [3.05, 3.63) is 35.6 Å². The maximum Gasteiger partial charge on any atom is 0.230 e. The van der Waals surface area contributed by atoms with E-state index >= 15 is 0 Å². The van der Waals surface area contributed by atoms with Crippen LogP contribution in [0.5, 0.6) is 0 Å². The number of nitrogens with one attached hydrogen (secondary N) is 1. The van der Waals surface area contributed by atoms with Gasteiger partial charge in [0.2, 0.25) is 5.91 Å². The van der Waals surface area contributed by atoms with Crippen LogP contribution in [0, 0.1) is 5.82 Å². The molecule has 100 valence electrons. The summed E-state index contributed by atoms with van der Waals surface area (Å²) in [6, 6.07) is 6.25. The van der Waals surface area contributed by atoms with Crippen molar-refractivity contribution in [3.8, 4) is 0 Å². The average molecular weight is 270 g/mol. The molecule has 0 saturated heterocycles. The summed E-state index contributed by atoms with van der Waals surface area (Å²) in [4.78, 5) is 11.5. The third-order valence-electron chi connectivity index (χ3n) is 2.49. The van der Waals surface area contributed by atoms with Gasteiger partial charge in [0.1, 0.15) is 5.82 Å². The van der Waals surface area contributed by atoms with Crippen molar-refractivity contribution in [1.29, 1.82) is 0 Å². The fraction of sp³-hybridized carbons (Fsp3) is 0.462. The Bertz CT molecular complexity index is 370. The molecule has 1 rings (SSSR count). The Morgan fingerprint density at radius 2 is 2.11 bits per heavy atom. The van der Waals surface area contributed by atoms with Crippen LogP contribution in [0.25, 0.3) is 0 Å². The van der Waals surface area contributed by atoms with Crippen LogP contribution in [0.2, 0.25) is 0 Å². The van der Waals surface area contributed by atoms with E-state index in [2.05, 4.69) is 5.32 Å². The van der Waals surface area contributed by atoms with E-state index in [0.717, 1.165) is 17.7 Å². The van der Waals surface area contributed by atoms with Crippen molar-refractivity contribution >= 4 is 17.7 Å². The number of carbonyl (C=O) groups is 1. The lowest BCUT2D eigenvalue weighted by Gasteiger charge is -2.08. The normalized spacial score (nSPS) is 12.2. The van der Waals surface area contributed by atoms with E-state index in [1.165, 1.54) is 23.9 Å². The average Bonchev–Trinajstić information content (AvgIpc) is 2.38. The lowest BCUT2D eigenvalue weighted by molar-refractivity contribution is -0.118. The number of hydrogen-bond acceptors (Lipinski definition) is 3. The zero-order valence-corrected chi connectivity index (χ0v) is 11.3. The highest BCUT2D eigenvalue weighted by Gasteiger charge is 2.04. The summed E-state index contributed by atoms with van der Waals surface area (Å²) in [5.74, 6) is 0.914. The van der Waals surface area contributed by atoms with Gasteiger partial charge in [-0.25, -0.2) is 4.39 Å². The second kappa shape index (κ2) is 8.11. The van der Waals surface area contributed by atoms with Gasteiger partial charge in [0, 0.05) is 18.3 Å². The lowest BCUT2D eigenvalue weighted by atomic mass is 10.2. The molecule has 1 unspecified atom stereocenters. The van der Waals surface area contributed by atoms with Crippen LogP contribution in [-0.4, -0.2) is 23.5 Å². The summed E-state index contributed by atoms with van der Waals surface area (Å²) >= 11 is 1.53. The van der Waals surface area contributed by atoms with Crippen molar-refractivity contribution in [2.75, 3.05) is 11.5 Å². The number of benzene rings is 1. The van der Waals surface area contributed by atoms with E-state index in [1.54, 1.807) is 12.1 Å². The molecule has 0 saturated carbocycles. The summed E-state index contributed by atoms with van der Waals surface area (Å²) < 4.78 is 12.7. The number of hydrogen-bond donors (Lipinski definition) is 2. The molecule has 0 aromatic heterocycles. The SMILES string of the molecule is CCC(N)CSCC(=O)NCc1ccc(F)cc1. The minimum Gasteiger partial charge on any atom is -0.351 e. The van der Waals surface area contributed by atoms with E-state index < -0.39 is 0 Å². The predicted molar refractivity (Wildman–Crippen MR) is 73.8 cm³/mol. The third-order valence-corrected chi connectivity index (χ3v) is 3.62. The third kappa shape index (κ3) is 6.02. The quantitative estimate of drug-likeness (QED) is 0.796. The van der Waals surface area contributed by atoms with Crippen LogP contribution in [0.15, 0.2) is 24.3 Å². The fourth-order valence-corrected chi connectivity index (χ4v) is 2.22. The monoisotopic (exact) mass is 270 g/mol. The summed E-state index contributed by atoms with van der Waals surface area (Å²) in [7, 11) is 0. The van der Waals surface area contributed by atoms with Crippen LogP contribution in [0.1, 0.15) is 18.9 Å². The van der Waals surface area contributed by atoms with Gasteiger partial charge in [-0.15, -0.1) is 0 Å². The van der Waals surface area contributed by atoms with Gasteiger partial charge in [-0.2, -0.15) is 11.8 Å². The van der Waals surface area contributed by atoms with Gasteiger partial charge in [0.15, 0.2) is 0 Å². The van der Waals surface area contributed by atoms with E-state index in [-0.39, 0.29) is 17.8 Å². The number of rotatable bonds is 7. The molecule has 0 radical (unpaired) electrons. The smallest absolute Gasteiger partial charge is 0.230 e. The van der Waals surface area contributed by atoms with Crippen molar-refractivity contribution < 1.29 is 9.18 Å². The van der Waals surface area contributed by atoms with Crippen molar-refractivity contribution in [3.63, 3.8) is 0 Å². The first-order valence-corrected chi connectivity index (χ1v) is 7.11. The number of amides is 1. The van der Waals surface area contributed by atoms with Crippen molar-refractivity contribution in [2.24, 2.45) is 5.73 Å². The van der Waals surface area contributed by atoms with Crippen LogP contribution in [0.3, 0.4) is 0 Å². The Kier molecular flexibility index (Phi) is 6.75. The van der Waals surface area contributed by atoms with Crippen LogP contribution < -0.4 is 11.1 Å². The van der Waals surface area contributed by atoms with E-state index in [9.17, 15) is 9.18 Å². The van der Waals surface area contributed by atoms with Crippen LogP contribution in [0.4, 0.5) is 4.39 Å². The number of halogens is 1. The first kappa shape index (κ1) is 15.0. The molecule has 3 nitrogen and oxygen atoms in total. The number of nitrogens with two attached hydrogens (primary N) is 1. The molecule has 18 heavy (non-hydrogen) atoms. The number of thioether (sulfide) groups is 1. The first-order chi connectivity index (χ1) is 8.61. The van der Waals surface area contributed by atoms with Gasteiger partial charge in [-0.1, -0.05) is 19.1 Å². The predicted octanol–water partition coefficient (Wildman–Crippen LogP) is 1.91. The Morgan fingerprint density at radius 3 is 2.72 bits per heavy atom.